The van der Waals surface area contributed by atoms with Crippen LogP contribution in [0.5, 0.6) is 0 Å². The lowest BCUT2D eigenvalue weighted by atomic mass is 10.0. The minimum atomic E-state index is -0.274. The minimum absolute atomic E-state index is 0.203. The molecule has 0 fully saturated rings. The molecule has 0 aromatic heterocycles. The number of rotatable bonds is 10. The Balaban J connectivity index is 3.13. The third-order valence-electron chi connectivity index (χ3n) is 2.81. The molecule has 0 aromatic carbocycles. The third kappa shape index (κ3) is 11.8. The lowest BCUT2D eigenvalue weighted by molar-refractivity contribution is 0.114. The molecule has 2 N–H and O–H groups in total. The van der Waals surface area contributed by atoms with Crippen LogP contribution in [0.1, 0.15) is 71.6 Å². The summed E-state index contributed by atoms with van der Waals surface area (Å²) in [5.74, 6) is 0. The van der Waals surface area contributed by atoms with Crippen LogP contribution < -0.4 is 0 Å². The number of unbranched alkanes of at least 4 members (excludes halogenated alkanes) is 5. The molecule has 2 unspecified atom stereocenters. The molecule has 0 amide bonds. The summed E-state index contributed by atoms with van der Waals surface area (Å²) in [7, 11) is 0. The first-order valence-corrected chi connectivity index (χ1v) is 6.53. The Labute approximate surface area is 94.7 Å². The number of aliphatic hydroxyl groups is 2. The molecule has 0 rings (SSSR count). The van der Waals surface area contributed by atoms with Crippen LogP contribution >= 0.6 is 0 Å². The summed E-state index contributed by atoms with van der Waals surface area (Å²) in [5.41, 5.74) is 0. The van der Waals surface area contributed by atoms with Gasteiger partial charge in [0, 0.05) is 0 Å². The molecule has 2 heteroatoms. The van der Waals surface area contributed by atoms with E-state index in [-0.39, 0.29) is 12.2 Å². The van der Waals surface area contributed by atoms with E-state index in [1.54, 1.807) is 6.92 Å². The van der Waals surface area contributed by atoms with Crippen molar-refractivity contribution in [2.45, 2.75) is 83.8 Å². The molecule has 0 saturated heterocycles. The molecule has 0 aromatic rings. The second-order valence-corrected chi connectivity index (χ2v) is 4.64. The van der Waals surface area contributed by atoms with E-state index in [9.17, 15) is 5.11 Å². The zero-order valence-electron chi connectivity index (χ0n) is 10.4. The summed E-state index contributed by atoms with van der Waals surface area (Å²) in [6.07, 6.45) is 9.52. The van der Waals surface area contributed by atoms with E-state index in [4.69, 9.17) is 5.11 Å². The molecule has 15 heavy (non-hydrogen) atoms. The fourth-order valence-corrected chi connectivity index (χ4v) is 1.74. The van der Waals surface area contributed by atoms with Crippen molar-refractivity contribution in [2.75, 3.05) is 0 Å². The molecule has 0 saturated carbocycles. The quantitative estimate of drug-likeness (QED) is 0.550. The van der Waals surface area contributed by atoms with Crippen molar-refractivity contribution < 1.29 is 10.2 Å². The fraction of sp³-hybridized carbons (Fsp3) is 1.00. The highest BCUT2D eigenvalue weighted by Gasteiger charge is 2.05. The molecule has 0 aliphatic rings. The smallest absolute Gasteiger partial charge is 0.0541 e. The first kappa shape index (κ1) is 14.9. The van der Waals surface area contributed by atoms with Crippen molar-refractivity contribution in [3.63, 3.8) is 0 Å². The number of aliphatic hydroxyl groups excluding tert-OH is 2. The molecule has 0 aliphatic carbocycles. The van der Waals surface area contributed by atoms with Crippen molar-refractivity contribution in [2.24, 2.45) is 0 Å². The van der Waals surface area contributed by atoms with Gasteiger partial charge in [0.25, 0.3) is 0 Å². The van der Waals surface area contributed by atoms with Crippen molar-refractivity contribution in [3.8, 4) is 0 Å². The second kappa shape index (κ2) is 10.4. The van der Waals surface area contributed by atoms with Gasteiger partial charge in [0.2, 0.25) is 0 Å². The molecule has 0 spiro atoms. The Bertz CT molecular complexity index is 124. The van der Waals surface area contributed by atoms with Gasteiger partial charge in [0.15, 0.2) is 0 Å². The zero-order chi connectivity index (χ0) is 11.5. The topological polar surface area (TPSA) is 40.5 Å². The summed E-state index contributed by atoms with van der Waals surface area (Å²) in [6.45, 7) is 4.00. The zero-order valence-corrected chi connectivity index (χ0v) is 10.4. The first-order chi connectivity index (χ1) is 7.16. The number of hydrogen-bond acceptors (Lipinski definition) is 2. The van der Waals surface area contributed by atoms with E-state index in [1.165, 1.54) is 32.1 Å². The molecule has 0 radical (unpaired) electrons. The predicted molar refractivity (Wildman–Crippen MR) is 64.9 cm³/mol. The Morgan fingerprint density at radius 3 is 2.00 bits per heavy atom. The van der Waals surface area contributed by atoms with E-state index in [2.05, 4.69) is 6.92 Å². The maximum atomic E-state index is 9.59. The Hall–Kier alpha value is -0.0800. The normalized spacial score (nSPS) is 15.2. The van der Waals surface area contributed by atoms with Crippen LogP contribution in [0.2, 0.25) is 0 Å². The Kier molecular flexibility index (Phi) is 10.4. The Morgan fingerprint density at radius 2 is 1.40 bits per heavy atom. The van der Waals surface area contributed by atoms with E-state index in [1.807, 2.05) is 0 Å². The summed E-state index contributed by atoms with van der Waals surface area (Å²) in [6, 6.07) is 0. The molecule has 0 bridgehead atoms. The van der Waals surface area contributed by atoms with Gasteiger partial charge in [-0.2, -0.15) is 0 Å². The van der Waals surface area contributed by atoms with Crippen LogP contribution in [0.3, 0.4) is 0 Å². The van der Waals surface area contributed by atoms with Crippen LogP contribution in [0.25, 0.3) is 0 Å². The van der Waals surface area contributed by atoms with Gasteiger partial charge in [-0.1, -0.05) is 45.4 Å². The van der Waals surface area contributed by atoms with Gasteiger partial charge in [0.05, 0.1) is 12.2 Å². The second-order valence-electron chi connectivity index (χ2n) is 4.64. The van der Waals surface area contributed by atoms with Gasteiger partial charge >= 0.3 is 0 Å². The van der Waals surface area contributed by atoms with Gasteiger partial charge in [0.1, 0.15) is 0 Å². The average molecular weight is 216 g/mol. The van der Waals surface area contributed by atoms with Crippen molar-refractivity contribution >= 4 is 0 Å². The van der Waals surface area contributed by atoms with Crippen LogP contribution in [-0.2, 0) is 0 Å². The van der Waals surface area contributed by atoms with Crippen molar-refractivity contribution in [1.82, 2.24) is 0 Å². The predicted octanol–water partition coefficient (Wildman–Crippen LogP) is 3.26. The highest BCUT2D eigenvalue weighted by Crippen LogP contribution is 2.11. The molecule has 0 aliphatic heterocycles. The van der Waals surface area contributed by atoms with Gasteiger partial charge in [-0.15, -0.1) is 0 Å². The molecule has 0 heterocycles. The summed E-state index contributed by atoms with van der Waals surface area (Å²) in [5, 5.41) is 18.6. The highest BCUT2D eigenvalue weighted by atomic mass is 16.3. The van der Waals surface area contributed by atoms with Crippen molar-refractivity contribution in [1.29, 1.82) is 0 Å². The van der Waals surface area contributed by atoms with Crippen LogP contribution in [0, 0.1) is 0 Å². The van der Waals surface area contributed by atoms with E-state index in [0.29, 0.717) is 0 Å². The molecule has 2 atom stereocenters. The largest absolute Gasteiger partial charge is 0.393 e. The van der Waals surface area contributed by atoms with Gasteiger partial charge < -0.3 is 10.2 Å². The van der Waals surface area contributed by atoms with E-state index < -0.39 is 0 Å². The SMILES string of the molecule is CCCCCCCCC(O)CCC(C)O. The average Bonchev–Trinajstić information content (AvgIpc) is 2.20. The summed E-state index contributed by atoms with van der Waals surface area (Å²) >= 11 is 0. The highest BCUT2D eigenvalue weighted by molar-refractivity contribution is 4.59. The first-order valence-electron chi connectivity index (χ1n) is 6.53. The Morgan fingerprint density at radius 1 is 0.800 bits per heavy atom. The molecule has 2 nitrogen and oxygen atoms in total. The lowest BCUT2D eigenvalue weighted by Gasteiger charge is -2.11. The molecular weight excluding hydrogens is 188 g/mol. The summed E-state index contributed by atoms with van der Waals surface area (Å²) in [4.78, 5) is 0. The lowest BCUT2D eigenvalue weighted by Crippen LogP contribution is -2.10. The number of hydrogen-bond donors (Lipinski definition) is 2. The molecule has 92 valence electrons. The van der Waals surface area contributed by atoms with E-state index >= 15 is 0 Å². The van der Waals surface area contributed by atoms with E-state index in [0.717, 1.165) is 25.7 Å². The monoisotopic (exact) mass is 216 g/mol. The van der Waals surface area contributed by atoms with Gasteiger partial charge in [-0.3, -0.25) is 0 Å². The van der Waals surface area contributed by atoms with Crippen LogP contribution in [0.4, 0.5) is 0 Å². The summed E-state index contributed by atoms with van der Waals surface area (Å²) < 4.78 is 0. The molecular formula is C13H28O2. The van der Waals surface area contributed by atoms with Crippen LogP contribution in [0.15, 0.2) is 0 Å². The van der Waals surface area contributed by atoms with Gasteiger partial charge in [-0.05, 0) is 26.2 Å². The third-order valence-corrected chi connectivity index (χ3v) is 2.81. The fourth-order valence-electron chi connectivity index (χ4n) is 1.74. The maximum Gasteiger partial charge on any atom is 0.0541 e. The van der Waals surface area contributed by atoms with Crippen molar-refractivity contribution in [3.05, 3.63) is 0 Å². The minimum Gasteiger partial charge on any atom is -0.393 e. The van der Waals surface area contributed by atoms with Gasteiger partial charge in [-0.25, -0.2) is 0 Å². The van der Waals surface area contributed by atoms with Crippen LogP contribution in [-0.4, -0.2) is 22.4 Å². The standard InChI is InChI=1S/C13H28O2/c1-3-4-5-6-7-8-9-13(15)11-10-12(2)14/h12-15H,3-11H2,1-2H3. The maximum absolute atomic E-state index is 9.59.